The van der Waals surface area contributed by atoms with Crippen molar-refractivity contribution in [1.29, 1.82) is 0 Å². The van der Waals surface area contributed by atoms with E-state index in [4.69, 9.17) is 0 Å². The summed E-state index contributed by atoms with van der Waals surface area (Å²) in [6, 6.07) is 10.4. The molecule has 2 amide bonds. The van der Waals surface area contributed by atoms with Crippen LogP contribution in [0.5, 0.6) is 0 Å². The first-order valence-corrected chi connectivity index (χ1v) is 10.5. The molecule has 0 aliphatic carbocycles. The zero-order valence-electron chi connectivity index (χ0n) is 17.6. The second-order valence-electron chi connectivity index (χ2n) is 7.08. The molecule has 3 aromatic rings. The molecule has 0 N–H and O–H groups in total. The van der Waals surface area contributed by atoms with Crippen LogP contribution in [0.4, 0.5) is 28.4 Å². The number of rotatable bonds is 6. The van der Waals surface area contributed by atoms with Gasteiger partial charge in [-0.25, -0.2) is 9.37 Å². The monoisotopic (exact) mass is 477 g/mol. The van der Waals surface area contributed by atoms with Crippen LogP contribution < -0.4 is 4.90 Å². The van der Waals surface area contributed by atoms with Crippen molar-refractivity contribution in [3.63, 3.8) is 0 Å². The molecular weight excluding hydrogens is 458 g/mol. The lowest BCUT2D eigenvalue weighted by Crippen LogP contribution is -2.24. The van der Waals surface area contributed by atoms with Crippen molar-refractivity contribution in [1.82, 2.24) is 9.88 Å². The minimum atomic E-state index is -4.42. The van der Waals surface area contributed by atoms with Gasteiger partial charge in [0.2, 0.25) is 11.8 Å². The first-order chi connectivity index (χ1) is 15.6. The molecule has 33 heavy (non-hydrogen) atoms. The largest absolute Gasteiger partial charge is 0.416 e. The predicted octanol–water partition coefficient (Wildman–Crippen LogP) is 5.66. The van der Waals surface area contributed by atoms with E-state index < -0.39 is 23.5 Å². The predicted molar refractivity (Wildman–Crippen MR) is 118 cm³/mol. The van der Waals surface area contributed by atoms with Gasteiger partial charge in [0, 0.05) is 32.0 Å². The number of para-hydroxylation sites is 1. The maximum Gasteiger partial charge on any atom is 0.416 e. The van der Waals surface area contributed by atoms with E-state index >= 15 is 0 Å². The van der Waals surface area contributed by atoms with Gasteiger partial charge in [0.15, 0.2) is 5.13 Å². The molecule has 0 unspecified atom stereocenters. The Balaban J connectivity index is 1.68. The third-order valence-corrected chi connectivity index (χ3v) is 5.43. The topological polar surface area (TPSA) is 53.5 Å². The van der Waals surface area contributed by atoms with Gasteiger partial charge in [-0.3, -0.25) is 14.5 Å². The van der Waals surface area contributed by atoms with E-state index in [9.17, 15) is 27.2 Å². The van der Waals surface area contributed by atoms with E-state index in [0.29, 0.717) is 11.3 Å². The number of hydrogen-bond donors (Lipinski definition) is 0. The Bertz CT molecular complexity index is 1170. The Morgan fingerprint density at radius 3 is 2.36 bits per heavy atom. The molecule has 2 aromatic carbocycles. The molecule has 0 saturated heterocycles. The average Bonchev–Trinajstić information content (AvgIpc) is 3.21. The lowest BCUT2D eigenvalue weighted by atomic mass is 10.1. The molecule has 0 aliphatic rings. The van der Waals surface area contributed by atoms with Crippen molar-refractivity contribution < 1.29 is 27.2 Å². The van der Waals surface area contributed by atoms with Crippen molar-refractivity contribution in [3.8, 4) is 0 Å². The minimum Gasteiger partial charge on any atom is -0.338 e. The minimum absolute atomic E-state index is 0.0715. The third-order valence-electron chi connectivity index (χ3n) is 4.58. The highest BCUT2D eigenvalue weighted by atomic mass is 32.1. The summed E-state index contributed by atoms with van der Waals surface area (Å²) in [5, 5.41) is 1.86. The molecule has 0 atom stereocenters. The number of nitrogens with zero attached hydrogens (tertiary/aromatic N) is 3. The van der Waals surface area contributed by atoms with E-state index in [0.717, 1.165) is 28.4 Å². The van der Waals surface area contributed by atoms with Crippen LogP contribution in [-0.4, -0.2) is 28.7 Å². The summed E-state index contributed by atoms with van der Waals surface area (Å²) in [5.41, 5.74) is 0.260. The highest BCUT2D eigenvalue weighted by Crippen LogP contribution is 2.31. The molecule has 10 heteroatoms. The molecule has 1 heterocycles. The van der Waals surface area contributed by atoms with Crippen LogP contribution in [0.1, 0.15) is 23.7 Å². The quantitative estimate of drug-likeness (QED) is 0.340. The molecule has 0 radical (unpaired) electrons. The molecule has 0 bridgehead atoms. The summed E-state index contributed by atoms with van der Waals surface area (Å²) in [5.74, 6) is -1.38. The van der Waals surface area contributed by atoms with Gasteiger partial charge in [-0.2, -0.15) is 13.2 Å². The van der Waals surface area contributed by atoms with Gasteiger partial charge in [-0.1, -0.05) is 24.3 Å². The molecule has 1 aromatic heterocycles. The molecule has 172 valence electrons. The number of halogens is 4. The van der Waals surface area contributed by atoms with Gasteiger partial charge < -0.3 is 4.90 Å². The van der Waals surface area contributed by atoms with E-state index in [1.807, 2.05) is 0 Å². The first kappa shape index (κ1) is 24.1. The summed E-state index contributed by atoms with van der Waals surface area (Å²) < 4.78 is 52.2. The summed E-state index contributed by atoms with van der Waals surface area (Å²) in [6.07, 6.45) is -1.70. The van der Waals surface area contributed by atoms with Crippen molar-refractivity contribution in [2.24, 2.45) is 0 Å². The first-order valence-electron chi connectivity index (χ1n) is 9.66. The van der Waals surface area contributed by atoms with E-state index in [2.05, 4.69) is 4.98 Å². The normalized spacial score (nSPS) is 11.6. The van der Waals surface area contributed by atoms with Crippen molar-refractivity contribution in [2.75, 3.05) is 11.9 Å². The molecule has 0 spiro atoms. The highest BCUT2D eigenvalue weighted by Gasteiger charge is 2.30. The average molecular weight is 477 g/mol. The lowest BCUT2D eigenvalue weighted by Gasteiger charge is -2.18. The maximum absolute atomic E-state index is 14.2. The van der Waals surface area contributed by atoms with E-state index in [-0.39, 0.29) is 23.3 Å². The molecule has 3 rings (SSSR count). The van der Waals surface area contributed by atoms with Gasteiger partial charge in [0.25, 0.3) is 0 Å². The van der Waals surface area contributed by atoms with Crippen LogP contribution in [0.3, 0.4) is 0 Å². The third kappa shape index (κ3) is 6.04. The second-order valence-corrected chi connectivity index (χ2v) is 7.92. The Kier molecular flexibility index (Phi) is 7.27. The van der Waals surface area contributed by atoms with Crippen LogP contribution in [0, 0.1) is 5.82 Å². The number of alkyl halides is 3. The molecule has 0 fully saturated rings. The second kappa shape index (κ2) is 9.95. The number of carbonyl (C=O) groups excluding carboxylic acids is 2. The maximum atomic E-state index is 14.2. The van der Waals surface area contributed by atoms with Crippen molar-refractivity contribution in [3.05, 3.63) is 82.6 Å². The SMILES string of the molecule is CC(=O)N(c1nc(/C=C/C(=O)N(C)Cc2ccc(C(F)(F)F)cc2)cs1)c1ccccc1F. The van der Waals surface area contributed by atoms with E-state index in [1.54, 1.807) is 11.4 Å². The smallest absolute Gasteiger partial charge is 0.338 e. The van der Waals surface area contributed by atoms with Gasteiger partial charge >= 0.3 is 6.18 Å². The van der Waals surface area contributed by atoms with Gasteiger partial charge in [-0.15, -0.1) is 11.3 Å². The number of carbonyl (C=O) groups is 2. The van der Waals surface area contributed by atoms with E-state index in [1.165, 1.54) is 61.4 Å². The number of anilines is 2. The van der Waals surface area contributed by atoms with Crippen molar-refractivity contribution in [2.45, 2.75) is 19.6 Å². The van der Waals surface area contributed by atoms with Crippen molar-refractivity contribution >= 4 is 40.0 Å². The van der Waals surface area contributed by atoms with Crippen LogP contribution in [0.25, 0.3) is 6.08 Å². The summed E-state index contributed by atoms with van der Waals surface area (Å²) in [4.78, 5) is 31.3. The van der Waals surface area contributed by atoms with Crippen LogP contribution in [0.2, 0.25) is 0 Å². The highest BCUT2D eigenvalue weighted by molar-refractivity contribution is 7.14. The Morgan fingerprint density at radius 1 is 1.09 bits per heavy atom. The zero-order valence-corrected chi connectivity index (χ0v) is 18.5. The lowest BCUT2D eigenvalue weighted by molar-refractivity contribution is -0.137. The Labute approximate surface area is 191 Å². The zero-order chi connectivity index (χ0) is 24.2. The Hall–Kier alpha value is -3.53. The number of benzene rings is 2. The summed E-state index contributed by atoms with van der Waals surface area (Å²) in [7, 11) is 1.52. The fourth-order valence-electron chi connectivity index (χ4n) is 2.93. The van der Waals surface area contributed by atoms with Crippen LogP contribution >= 0.6 is 11.3 Å². The molecule has 5 nitrogen and oxygen atoms in total. The van der Waals surface area contributed by atoms with Gasteiger partial charge in [-0.05, 0) is 35.9 Å². The number of likely N-dealkylation sites (N-methyl/N-ethyl adjacent to an activating group) is 1. The van der Waals surface area contributed by atoms with Crippen LogP contribution in [0.15, 0.2) is 60.0 Å². The van der Waals surface area contributed by atoms with Gasteiger partial charge in [0.05, 0.1) is 16.9 Å². The summed E-state index contributed by atoms with van der Waals surface area (Å²) in [6.45, 7) is 1.41. The fraction of sp³-hybridized carbons (Fsp3) is 0.174. The number of aromatic nitrogens is 1. The number of thiazole rings is 1. The number of hydrogen-bond acceptors (Lipinski definition) is 4. The summed E-state index contributed by atoms with van der Waals surface area (Å²) >= 11 is 1.11. The number of amides is 2. The van der Waals surface area contributed by atoms with Gasteiger partial charge in [0.1, 0.15) is 5.82 Å². The molecule has 0 aliphatic heterocycles. The fourth-order valence-corrected chi connectivity index (χ4v) is 3.78. The Morgan fingerprint density at radius 2 is 1.76 bits per heavy atom. The molecule has 0 saturated carbocycles. The molecular formula is C23H19F4N3O2S. The van der Waals surface area contributed by atoms with Crippen LogP contribution in [-0.2, 0) is 22.3 Å². The standard InChI is InChI=1S/C23H19F4N3O2S/c1-15(31)30(20-6-4-3-5-19(20)24)22-28-18(14-33-22)11-12-21(32)29(2)13-16-7-9-17(10-8-16)23(25,26)27/h3-12,14H,13H2,1-2H3/b12-11+.